The van der Waals surface area contributed by atoms with Crippen LogP contribution in [-0.4, -0.2) is 46.9 Å². The molecule has 1 saturated heterocycles. The molecule has 0 saturated carbocycles. The van der Waals surface area contributed by atoms with Crippen molar-refractivity contribution >= 4 is 11.7 Å². The molecule has 5 atom stereocenters. The maximum absolute atomic E-state index is 12.8. The molecule has 0 aliphatic carbocycles. The van der Waals surface area contributed by atoms with Gasteiger partial charge >= 0.3 is 6.03 Å². The Morgan fingerprint density at radius 3 is 2.14 bits per heavy atom. The number of ether oxygens (including phenoxy) is 3. The summed E-state index contributed by atoms with van der Waals surface area (Å²) in [5.74, 6) is 1.43. The van der Waals surface area contributed by atoms with Gasteiger partial charge in [-0.3, -0.25) is 4.90 Å². The fraction of sp³-hybridized carbons (Fsp3) is 0.229. The second-order valence-corrected chi connectivity index (χ2v) is 14.5. The number of urea groups is 1. The molecule has 5 unspecified atom stereocenters. The molecular weight excluding hydrogens is 715 g/mol. The molecule has 4 N–H and O–H groups in total. The van der Waals surface area contributed by atoms with Crippen LogP contribution in [0.2, 0.25) is 0 Å². The number of nitrogens with zero attached hydrogens (tertiary/aromatic N) is 1. The molecule has 0 radical (unpaired) electrons. The first kappa shape index (κ1) is 39.4. The van der Waals surface area contributed by atoms with E-state index >= 15 is 0 Å². The number of benzene rings is 6. The number of anilines is 1. The summed E-state index contributed by atoms with van der Waals surface area (Å²) in [7, 11) is 2.02. The molecule has 0 bridgehead atoms. The predicted octanol–water partition coefficient (Wildman–Crippen LogP) is 9.56. The highest BCUT2D eigenvalue weighted by molar-refractivity contribution is 5.89. The molecule has 6 aromatic rings. The lowest BCUT2D eigenvalue weighted by atomic mass is 9.97. The second-order valence-electron chi connectivity index (χ2n) is 14.5. The van der Waals surface area contributed by atoms with Crippen molar-refractivity contribution in [2.24, 2.45) is 0 Å². The van der Waals surface area contributed by atoms with E-state index in [-0.39, 0.29) is 30.9 Å². The fourth-order valence-electron chi connectivity index (χ4n) is 7.00. The third-order valence-electron chi connectivity index (χ3n) is 10.4. The molecule has 9 heteroatoms. The van der Waals surface area contributed by atoms with Gasteiger partial charge in [0.15, 0.2) is 6.29 Å². The normalized spacial score (nSPS) is 17.7. The highest BCUT2D eigenvalue weighted by atomic mass is 16.7. The van der Waals surface area contributed by atoms with Gasteiger partial charge in [0.1, 0.15) is 11.5 Å². The molecule has 1 aliphatic heterocycles. The van der Waals surface area contributed by atoms with Gasteiger partial charge in [-0.25, -0.2) is 4.79 Å². The smallest absolute Gasteiger partial charge is 0.319 e. The van der Waals surface area contributed by atoms with Crippen molar-refractivity contribution in [3.63, 3.8) is 0 Å². The van der Waals surface area contributed by atoms with Crippen LogP contribution in [0.4, 0.5) is 10.5 Å². The van der Waals surface area contributed by atoms with E-state index in [1.54, 1.807) is 12.1 Å². The molecule has 0 spiro atoms. The number of aliphatic hydroxyl groups is 2. The van der Waals surface area contributed by atoms with Crippen LogP contribution in [0.25, 0.3) is 11.1 Å². The largest absolute Gasteiger partial charge is 0.457 e. The first-order valence-corrected chi connectivity index (χ1v) is 19.3. The Balaban J connectivity index is 1.01. The van der Waals surface area contributed by atoms with E-state index < -0.39 is 12.4 Å². The van der Waals surface area contributed by atoms with Crippen LogP contribution in [0.3, 0.4) is 0 Å². The number of amides is 2. The average molecular weight is 764 g/mol. The van der Waals surface area contributed by atoms with Gasteiger partial charge in [0.05, 0.1) is 24.9 Å². The lowest BCUT2D eigenvalue weighted by Crippen LogP contribution is -2.43. The Morgan fingerprint density at radius 2 is 1.42 bits per heavy atom. The molecular formula is C48H49N3O6. The minimum Gasteiger partial charge on any atom is -0.457 e. The summed E-state index contributed by atoms with van der Waals surface area (Å²) in [6.45, 7) is 2.93. The van der Waals surface area contributed by atoms with Gasteiger partial charge in [0.2, 0.25) is 0 Å². The Bertz CT molecular complexity index is 2180. The second kappa shape index (κ2) is 18.9. The summed E-state index contributed by atoms with van der Waals surface area (Å²) in [6.07, 6.45) is -1.09. The van der Waals surface area contributed by atoms with Gasteiger partial charge in [-0.05, 0) is 95.9 Å². The number of carbonyl (C=O) groups is 1. The maximum atomic E-state index is 12.8. The molecule has 0 aromatic heterocycles. The highest BCUT2D eigenvalue weighted by Crippen LogP contribution is 2.39. The minimum atomic E-state index is -0.649. The third kappa shape index (κ3) is 10.5. The van der Waals surface area contributed by atoms with Crippen molar-refractivity contribution in [3.05, 3.63) is 186 Å². The van der Waals surface area contributed by atoms with Crippen LogP contribution in [-0.2, 0) is 22.6 Å². The fourth-order valence-corrected chi connectivity index (χ4v) is 7.00. The molecule has 7 rings (SSSR count). The van der Waals surface area contributed by atoms with Crippen LogP contribution in [0.15, 0.2) is 158 Å². The Kier molecular flexibility index (Phi) is 13.1. The zero-order chi connectivity index (χ0) is 39.6. The van der Waals surface area contributed by atoms with Crippen molar-refractivity contribution in [2.45, 2.75) is 57.1 Å². The molecule has 57 heavy (non-hydrogen) atoms. The number of hydrogen-bond acceptors (Lipinski definition) is 7. The summed E-state index contributed by atoms with van der Waals surface area (Å²) in [6, 6.07) is 50.2. The highest BCUT2D eigenvalue weighted by Gasteiger charge is 2.34. The van der Waals surface area contributed by atoms with Crippen molar-refractivity contribution in [3.8, 4) is 22.6 Å². The molecule has 1 aliphatic rings. The molecule has 292 valence electrons. The summed E-state index contributed by atoms with van der Waals surface area (Å²) in [5.41, 5.74) is 7.21. The van der Waals surface area contributed by atoms with Gasteiger partial charge in [-0.2, -0.15) is 0 Å². The number of hydrogen-bond donors (Lipinski definition) is 4. The van der Waals surface area contributed by atoms with Gasteiger partial charge in [-0.15, -0.1) is 0 Å². The number of aliphatic hydroxyl groups excluding tert-OH is 2. The van der Waals surface area contributed by atoms with E-state index in [1.807, 2.05) is 141 Å². The zero-order valence-corrected chi connectivity index (χ0v) is 32.2. The SMILES string of the molecule is CC(C(O)c1ccccc1)N(C)CC1CC(c2ccc(CO)cc2)OC(c2cccc(-c3cccc(CNC(=O)Nc4ccc(Oc5ccccc5)cc4)c3)c2)O1. The Hall–Kier alpha value is -5.81. The summed E-state index contributed by atoms with van der Waals surface area (Å²) < 4.78 is 19.2. The van der Waals surface area contributed by atoms with Crippen LogP contribution in [0.1, 0.15) is 59.7 Å². The van der Waals surface area contributed by atoms with Gasteiger partial charge in [0.25, 0.3) is 0 Å². The number of nitrogens with one attached hydrogen (secondary N) is 2. The predicted molar refractivity (Wildman–Crippen MR) is 223 cm³/mol. The van der Waals surface area contributed by atoms with Crippen molar-refractivity contribution in [1.29, 1.82) is 0 Å². The standard InChI is InChI=1S/C48H49N3O6/c1-33(46(53)37-12-5-3-6-13-37)51(2)31-44-29-45(36-21-19-34(32-52)20-22-36)57-47(56-44)40-16-10-15-39(28-40)38-14-9-11-35(27-38)30-49-48(54)50-41-23-25-43(26-24-41)55-42-17-7-4-8-18-42/h3-28,33,44-47,52-53H,29-32H2,1-2H3,(H2,49,50,54). The van der Waals surface area contributed by atoms with E-state index in [4.69, 9.17) is 14.2 Å². The van der Waals surface area contributed by atoms with Gasteiger partial charge in [-0.1, -0.05) is 109 Å². The topological polar surface area (TPSA) is 113 Å². The van der Waals surface area contributed by atoms with E-state index in [9.17, 15) is 15.0 Å². The molecule has 6 aromatic carbocycles. The monoisotopic (exact) mass is 763 g/mol. The number of para-hydroxylation sites is 1. The van der Waals surface area contributed by atoms with Crippen molar-refractivity contribution in [1.82, 2.24) is 10.2 Å². The molecule has 1 fully saturated rings. The van der Waals surface area contributed by atoms with E-state index in [0.29, 0.717) is 30.9 Å². The maximum Gasteiger partial charge on any atom is 0.319 e. The Labute approximate surface area is 334 Å². The quantitative estimate of drug-likeness (QED) is 0.0875. The number of likely N-dealkylation sites (N-methyl/N-ethyl adjacent to an activating group) is 1. The molecule has 2 amide bonds. The van der Waals surface area contributed by atoms with E-state index in [0.717, 1.165) is 44.7 Å². The van der Waals surface area contributed by atoms with Crippen LogP contribution >= 0.6 is 0 Å². The van der Waals surface area contributed by atoms with E-state index in [1.165, 1.54) is 0 Å². The van der Waals surface area contributed by atoms with Crippen LogP contribution < -0.4 is 15.4 Å². The Morgan fingerprint density at radius 1 is 0.754 bits per heavy atom. The number of carbonyl (C=O) groups excluding carboxylic acids is 1. The van der Waals surface area contributed by atoms with Crippen molar-refractivity contribution < 1.29 is 29.2 Å². The summed E-state index contributed by atoms with van der Waals surface area (Å²) >= 11 is 0. The van der Waals surface area contributed by atoms with E-state index in [2.05, 4.69) is 33.7 Å². The van der Waals surface area contributed by atoms with Crippen LogP contribution in [0, 0.1) is 0 Å². The van der Waals surface area contributed by atoms with Gasteiger partial charge < -0.3 is 35.1 Å². The van der Waals surface area contributed by atoms with Crippen molar-refractivity contribution in [2.75, 3.05) is 18.9 Å². The molecule has 9 nitrogen and oxygen atoms in total. The zero-order valence-electron chi connectivity index (χ0n) is 32.2. The lowest BCUT2D eigenvalue weighted by Gasteiger charge is -2.39. The third-order valence-corrected chi connectivity index (χ3v) is 10.4. The van der Waals surface area contributed by atoms with Crippen LogP contribution in [0.5, 0.6) is 11.5 Å². The molecule has 1 heterocycles. The van der Waals surface area contributed by atoms with Gasteiger partial charge in [0, 0.05) is 36.8 Å². The lowest BCUT2D eigenvalue weighted by molar-refractivity contribution is -0.253. The first-order chi connectivity index (χ1) is 27.8. The summed E-state index contributed by atoms with van der Waals surface area (Å²) in [4.78, 5) is 15.0. The summed E-state index contributed by atoms with van der Waals surface area (Å²) in [5, 5.41) is 26.7. The first-order valence-electron chi connectivity index (χ1n) is 19.3. The minimum absolute atomic E-state index is 0.0235. The average Bonchev–Trinajstić information content (AvgIpc) is 3.26. The number of rotatable bonds is 14.